The molecular formula is C9H13N3O2. The summed E-state index contributed by atoms with van der Waals surface area (Å²) in [4.78, 5) is 12.7. The lowest BCUT2D eigenvalue weighted by Gasteiger charge is -2.36. The number of hydrogen-bond acceptors (Lipinski definition) is 3. The van der Waals surface area contributed by atoms with Gasteiger partial charge >= 0.3 is 5.97 Å². The van der Waals surface area contributed by atoms with Gasteiger partial charge in [-0.15, -0.1) is 0 Å². The molecule has 0 saturated carbocycles. The smallest absolute Gasteiger partial charge is 0.309 e. The monoisotopic (exact) mass is 195 g/mol. The normalized spacial score (nSPS) is 18.1. The van der Waals surface area contributed by atoms with Gasteiger partial charge in [0.25, 0.3) is 0 Å². The molecule has 1 aromatic rings. The van der Waals surface area contributed by atoms with Crippen molar-refractivity contribution in [1.29, 1.82) is 0 Å². The van der Waals surface area contributed by atoms with Gasteiger partial charge in [-0.1, -0.05) is 0 Å². The minimum absolute atomic E-state index is 0.178. The van der Waals surface area contributed by atoms with Gasteiger partial charge in [0.2, 0.25) is 0 Å². The molecule has 0 spiro atoms. The van der Waals surface area contributed by atoms with E-state index in [2.05, 4.69) is 10.00 Å². The first-order chi connectivity index (χ1) is 6.66. The first-order valence-corrected chi connectivity index (χ1v) is 4.59. The molecule has 5 nitrogen and oxygen atoms in total. The highest BCUT2D eigenvalue weighted by Gasteiger charge is 2.32. The van der Waals surface area contributed by atoms with Crippen LogP contribution in [-0.4, -0.2) is 38.8 Å². The van der Waals surface area contributed by atoms with Crippen LogP contribution in [0.2, 0.25) is 0 Å². The van der Waals surface area contributed by atoms with Crippen molar-refractivity contribution in [2.24, 2.45) is 13.0 Å². The number of carboxylic acids is 1. The SMILES string of the molecule is Cn1nccc1CN1CC(C(=O)O)C1. The summed E-state index contributed by atoms with van der Waals surface area (Å²) in [5.74, 6) is -0.866. The average molecular weight is 195 g/mol. The summed E-state index contributed by atoms with van der Waals surface area (Å²) >= 11 is 0. The number of nitrogens with zero attached hydrogens (tertiary/aromatic N) is 3. The van der Waals surface area contributed by atoms with E-state index in [0.717, 1.165) is 12.2 Å². The first-order valence-electron chi connectivity index (χ1n) is 4.59. The van der Waals surface area contributed by atoms with Crippen LogP contribution in [0, 0.1) is 5.92 Å². The van der Waals surface area contributed by atoms with Gasteiger partial charge in [0.05, 0.1) is 11.6 Å². The summed E-state index contributed by atoms with van der Waals surface area (Å²) < 4.78 is 1.81. The van der Waals surface area contributed by atoms with Crippen LogP contribution in [0.1, 0.15) is 5.69 Å². The molecule has 1 N–H and O–H groups in total. The maximum Gasteiger partial charge on any atom is 0.309 e. The average Bonchev–Trinajstić information content (AvgIpc) is 2.42. The van der Waals surface area contributed by atoms with E-state index in [4.69, 9.17) is 5.11 Å². The highest BCUT2D eigenvalue weighted by molar-refractivity contribution is 5.71. The maximum absolute atomic E-state index is 10.6. The third kappa shape index (κ3) is 1.63. The van der Waals surface area contributed by atoms with E-state index < -0.39 is 5.97 Å². The van der Waals surface area contributed by atoms with E-state index in [0.29, 0.717) is 13.1 Å². The van der Waals surface area contributed by atoms with Crippen molar-refractivity contribution in [1.82, 2.24) is 14.7 Å². The van der Waals surface area contributed by atoms with Crippen molar-refractivity contribution in [3.8, 4) is 0 Å². The Hall–Kier alpha value is -1.36. The molecule has 0 atom stereocenters. The van der Waals surface area contributed by atoms with Crippen LogP contribution in [0.4, 0.5) is 0 Å². The molecule has 1 aliphatic rings. The molecular weight excluding hydrogens is 182 g/mol. The second-order valence-corrected chi connectivity index (χ2v) is 3.68. The number of aromatic nitrogens is 2. The van der Waals surface area contributed by atoms with Crippen LogP contribution in [0.5, 0.6) is 0 Å². The van der Waals surface area contributed by atoms with Gasteiger partial charge in [0.1, 0.15) is 0 Å². The van der Waals surface area contributed by atoms with Crippen LogP contribution in [0.3, 0.4) is 0 Å². The van der Waals surface area contributed by atoms with Crippen molar-refractivity contribution < 1.29 is 9.90 Å². The summed E-state index contributed by atoms with van der Waals surface area (Å²) in [6, 6.07) is 1.95. The molecule has 0 bridgehead atoms. The molecule has 2 rings (SSSR count). The molecule has 1 fully saturated rings. The molecule has 0 aromatic carbocycles. The van der Waals surface area contributed by atoms with E-state index in [9.17, 15) is 4.79 Å². The molecule has 1 aromatic heterocycles. The summed E-state index contributed by atoms with van der Waals surface area (Å²) in [5, 5.41) is 12.7. The number of carbonyl (C=O) groups is 1. The Morgan fingerprint density at radius 3 is 2.93 bits per heavy atom. The second-order valence-electron chi connectivity index (χ2n) is 3.68. The molecule has 1 aliphatic heterocycles. The highest BCUT2D eigenvalue weighted by Crippen LogP contribution is 2.18. The van der Waals surface area contributed by atoms with E-state index in [1.807, 2.05) is 17.8 Å². The molecule has 2 heterocycles. The number of rotatable bonds is 3. The lowest BCUT2D eigenvalue weighted by molar-refractivity contribution is -0.147. The molecule has 14 heavy (non-hydrogen) atoms. The largest absolute Gasteiger partial charge is 0.481 e. The van der Waals surface area contributed by atoms with Gasteiger partial charge in [0, 0.05) is 32.9 Å². The molecule has 0 aliphatic carbocycles. The van der Waals surface area contributed by atoms with Gasteiger partial charge in [-0.2, -0.15) is 5.10 Å². The standard InChI is InChI=1S/C9H13N3O2/c1-11-8(2-3-10-11)6-12-4-7(5-12)9(13)14/h2-3,7H,4-6H2,1H3,(H,13,14). The van der Waals surface area contributed by atoms with E-state index in [1.165, 1.54) is 0 Å². The fraction of sp³-hybridized carbons (Fsp3) is 0.556. The van der Waals surface area contributed by atoms with Crippen molar-refractivity contribution in [2.45, 2.75) is 6.54 Å². The maximum atomic E-state index is 10.6. The molecule has 0 unspecified atom stereocenters. The Kier molecular flexibility index (Phi) is 2.25. The van der Waals surface area contributed by atoms with E-state index in [1.54, 1.807) is 6.20 Å². The number of aryl methyl sites for hydroxylation is 1. The van der Waals surface area contributed by atoms with Crippen LogP contribution in [0.25, 0.3) is 0 Å². The Labute approximate surface area is 81.9 Å². The van der Waals surface area contributed by atoms with Gasteiger partial charge in [0.15, 0.2) is 0 Å². The number of likely N-dealkylation sites (tertiary alicyclic amines) is 1. The van der Waals surface area contributed by atoms with Gasteiger partial charge in [-0.05, 0) is 6.07 Å². The first kappa shape index (κ1) is 9.21. The molecule has 76 valence electrons. The number of carboxylic acid groups (broad SMARTS) is 1. The van der Waals surface area contributed by atoms with Gasteiger partial charge in [-0.25, -0.2) is 0 Å². The fourth-order valence-electron chi connectivity index (χ4n) is 1.64. The number of hydrogen-bond donors (Lipinski definition) is 1. The Bertz CT molecular complexity index is 342. The predicted octanol–water partition coefficient (Wildman–Crippen LogP) is -0.0635. The van der Waals surface area contributed by atoms with Crippen molar-refractivity contribution in [2.75, 3.05) is 13.1 Å². The summed E-state index contributed by atoms with van der Waals surface area (Å²) in [5.41, 5.74) is 1.12. The lowest BCUT2D eigenvalue weighted by Crippen LogP contribution is -2.49. The third-order valence-corrected chi connectivity index (χ3v) is 2.61. The zero-order valence-corrected chi connectivity index (χ0v) is 8.05. The lowest BCUT2D eigenvalue weighted by atomic mass is 10.0. The van der Waals surface area contributed by atoms with E-state index in [-0.39, 0.29) is 5.92 Å². The third-order valence-electron chi connectivity index (χ3n) is 2.61. The van der Waals surface area contributed by atoms with Crippen molar-refractivity contribution in [3.63, 3.8) is 0 Å². The van der Waals surface area contributed by atoms with Crippen LogP contribution in [-0.2, 0) is 18.4 Å². The minimum atomic E-state index is -0.689. The van der Waals surface area contributed by atoms with Crippen molar-refractivity contribution in [3.05, 3.63) is 18.0 Å². The van der Waals surface area contributed by atoms with Crippen LogP contribution in [0.15, 0.2) is 12.3 Å². The van der Waals surface area contributed by atoms with Crippen LogP contribution >= 0.6 is 0 Å². The second kappa shape index (κ2) is 3.42. The zero-order valence-electron chi connectivity index (χ0n) is 8.05. The summed E-state index contributed by atoms with van der Waals surface area (Å²) in [6.07, 6.45) is 1.75. The summed E-state index contributed by atoms with van der Waals surface area (Å²) in [7, 11) is 1.89. The Morgan fingerprint density at radius 2 is 2.43 bits per heavy atom. The van der Waals surface area contributed by atoms with Gasteiger partial charge in [-0.3, -0.25) is 14.4 Å². The highest BCUT2D eigenvalue weighted by atomic mass is 16.4. The minimum Gasteiger partial charge on any atom is -0.481 e. The quantitative estimate of drug-likeness (QED) is 0.734. The Balaban J connectivity index is 1.85. The zero-order chi connectivity index (χ0) is 10.1. The Morgan fingerprint density at radius 1 is 1.71 bits per heavy atom. The predicted molar refractivity (Wildman–Crippen MR) is 49.6 cm³/mol. The number of aliphatic carboxylic acids is 1. The fourth-order valence-corrected chi connectivity index (χ4v) is 1.64. The topological polar surface area (TPSA) is 58.4 Å². The molecule has 5 heteroatoms. The summed E-state index contributed by atoms with van der Waals surface area (Å²) in [6.45, 7) is 2.10. The van der Waals surface area contributed by atoms with E-state index >= 15 is 0 Å². The van der Waals surface area contributed by atoms with Crippen LogP contribution < -0.4 is 0 Å². The van der Waals surface area contributed by atoms with Crippen molar-refractivity contribution >= 4 is 5.97 Å². The molecule has 1 saturated heterocycles. The molecule has 0 amide bonds. The van der Waals surface area contributed by atoms with Gasteiger partial charge < -0.3 is 5.11 Å². The molecule has 0 radical (unpaired) electrons.